The van der Waals surface area contributed by atoms with E-state index in [4.69, 9.17) is 4.74 Å². The molecular weight excluding hydrogens is 312 g/mol. The number of rotatable bonds is 3. The lowest BCUT2D eigenvalue weighted by Crippen LogP contribution is -2.50. The largest absolute Gasteiger partial charge is 0.497 e. The minimum Gasteiger partial charge on any atom is -0.497 e. The van der Waals surface area contributed by atoms with Gasteiger partial charge in [-0.1, -0.05) is 0 Å². The Bertz CT molecular complexity index is 505. The molecule has 102 valence electrons. The molecule has 0 spiro atoms. The number of amides is 2. The number of benzene rings is 1. The van der Waals surface area contributed by atoms with Crippen molar-refractivity contribution in [2.45, 2.75) is 18.9 Å². The van der Waals surface area contributed by atoms with Gasteiger partial charge in [0.05, 0.1) is 12.7 Å². The van der Waals surface area contributed by atoms with Gasteiger partial charge in [0.25, 0.3) is 5.91 Å². The van der Waals surface area contributed by atoms with Crippen molar-refractivity contribution in [2.75, 3.05) is 13.7 Å². The van der Waals surface area contributed by atoms with E-state index in [0.717, 1.165) is 6.42 Å². The number of nitrogens with one attached hydrogen (secondary N) is 2. The molecule has 0 unspecified atom stereocenters. The fourth-order valence-corrected chi connectivity index (χ4v) is 2.38. The van der Waals surface area contributed by atoms with E-state index >= 15 is 0 Å². The second-order valence-corrected chi connectivity index (χ2v) is 5.16. The first-order chi connectivity index (χ1) is 9.11. The van der Waals surface area contributed by atoms with Crippen LogP contribution in [0.3, 0.4) is 0 Å². The zero-order valence-corrected chi connectivity index (χ0v) is 12.1. The first kappa shape index (κ1) is 13.9. The summed E-state index contributed by atoms with van der Waals surface area (Å²) >= 11 is 3.32. The summed E-state index contributed by atoms with van der Waals surface area (Å²) in [7, 11) is 1.54. The highest BCUT2D eigenvalue weighted by atomic mass is 79.9. The lowest BCUT2D eigenvalue weighted by Gasteiger charge is -2.23. The molecule has 1 aromatic rings. The second-order valence-electron chi connectivity index (χ2n) is 4.31. The van der Waals surface area contributed by atoms with Crippen LogP contribution in [0, 0.1) is 0 Å². The highest BCUT2D eigenvalue weighted by Gasteiger charge is 2.24. The number of ether oxygens (including phenoxy) is 1. The van der Waals surface area contributed by atoms with Crippen LogP contribution >= 0.6 is 15.9 Å². The van der Waals surface area contributed by atoms with Gasteiger partial charge in [-0.05, 0) is 47.0 Å². The van der Waals surface area contributed by atoms with Crippen LogP contribution in [-0.2, 0) is 4.79 Å². The SMILES string of the molecule is COc1ccc(Br)c(C(=O)N[C@@H]2CCCNC2=O)c1. The van der Waals surface area contributed by atoms with E-state index in [1.165, 1.54) is 0 Å². The Labute approximate surface area is 119 Å². The molecule has 5 nitrogen and oxygen atoms in total. The maximum atomic E-state index is 12.2. The van der Waals surface area contributed by atoms with Crippen LogP contribution < -0.4 is 15.4 Å². The Hall–Kier alpha value is -1.56. The maximum absolute atomic E-state index is 12.2. The monoisotopic (exact) mass is 326 g/mol. The van der Waals surface area contributed by atoms with Gasteiger partial charge in [0.1, 0.15) is 11.8 Å². The van der Waals surface area contributed by atoms with E-state index < -0.39 is 6.04 Å². The topological polar surface area (TPSA) is 67.4 Å². The lowest BCUT2D eigenvalue weighted by atomic mass is 10.1. The zero-order valence-electron chi connectivity index (χ0n) is 10.5. The Morgan fingerprint density at radius 1 is 1.53 bits per heavy atom. The molecule has 0 bridgehead atoms. The van der Waals surface area contributed by atoms with Gasteiger partial charge < -0.3 is 15.4 Å². The van der Waals surface area contributed by atoms with Crippen LogP contribution in [0.15, 0.2) is 22.7 Å². The number of methoxy groups -OCH3 is 1. The molecule has 1 aromatic carbocycles. The van der Waals surface area contributed by atoms with Gasteiger partial charge >= 0.3 is 0 Å². The molecule has 1 aliphatic heterocycles. The molecule has 0 saturated carbocycles. The molecule has 0 aromatic heterocycles. The smallest absolute Gasteiger partial charge is 0.253 e. The molecule has 2 N–H and O–H groups in total. The minimum absolute atomic E-state index is 0.126. The predicted octanol–water partition coefficient (Wildman–Crippen LogP) is 1.47. The molecule has 0 aliphatic carbocycles. The summed E-state index contributed by atoms with van der Waals surface area (Å²) in [5, 5.41) is 5.48. The molecule has 1 saturated heterocycles. The first-order valence-electron chi connectivity index (χ1n) is 6.04. The third-order valence-electron chi connectivity index (χ3n) is 3.01. The van der Waals surface area contributed by atoms with Gasteiger partial charge in [0.15, 0.2) is 0 Å². The van der Waals surface area contributed by atoms with Crippen molar-refractivity contribution in [2.24, 2.45) is 0 Å². The average molecular weight is 327 g/mol. The summed E-state index contributed by atoms with van der Waals surface area (Å²) in [6.45, 7) is 0.675. The van der Waals surface area contributed by atoms with Gasteiger partial charge in [-0.3, -0.25) is 9.59 Å². The predicted molar refractivity (Wildman–Crippen MR) is 74.2 cm³/mol. The van der Waals surface area contributed by atoms with Crippen molar-refractivity contribution in [1.82, 2.24) is 10.6 Å². The summed E-state index contributed by atoms with van der Waals surface area (Å²) < 4.78 is 5.76. The van der Waals surface area contributed by atoms with Crippen molar-refractivity contribution in [3.8, 4) is 5.75 Å². The van der Waals surface area contributed by atoms with Crippen LogP contribution in [0.5, 0.6) is 5.75 Å². The van der Waals surface area contributed by atoms with Crippen LogP contribution in [0.2, 0.25) is 0 Å². The summed E-state index contributed by atoms with van der Waals surface area (Å²) in [6, 6.07) is 4.68. The van der Waals surface area contributed by atoms with Gasteiger partial charge in [-0.2, -0.15) is 0 Å². The standard InChI is InChI=1S/C13H15BrN2O3/c1-19-8-4-5-10(14)9(7-8)12(17)16-11-3-2-6-15-13(11)18/h4-5,7,11H,2-3,6H2,1H3,(H,15,18)(H,16,17)/t11-/m1/s1. The molecule has 2 amide bonds. The number of hydrogen-bond donors (Lipinski definition) is 2. The molecule has 19 heavy (non-hydrogen) atoms. The van der Waals surface area contributed by atoms with E-state index in [9.17, 15) is 9.59 Å². The number of halogens is 1. The van der Waals surface area contributed by atoms with Gasteiger partial charge in [-0.15, -0.1) is 0 Å². The minimum atomic E-state index is -0.459. The fraction of sp³-hybridized carbons (Fsp3) is 0.385. The molecule has 0 radical (unpaired) electrons. The van der Waals surface area contributed by atoms with Crippen LogP contribution in [0.25, 0.3) is 0 Å². The Kier molecular flexibility index (Phi) is 4.42. The number of carbonyl (C=O) groups excluding carboxylic acids is 2. The molecule has 1 aliphatic rings. The molecule has 6 heteroatoms. The van der Waals surface area contributed by atoms with Crippen molar-refractivity contribution in [3.05, 3.63) is 28.2 Å². The van der Waals surface area contributed by atoms with Crippen molar-refractivity contribution in [3.63, 3.8) is 0 Å². The number of hydrogen-bond acceptors (Lipinski definition) is 3. The quantitative estimate of drug-likeness (QED) is 0.883. The zero-order chi connectivity index (χ0) is 13.8. The molecule has 1 atom stereocenters. The summed E-state index contributed by atoms with van der Waals surface area (Å²) in [5.41, 5.74) is 0.456. The summed E-state index contributed by atoms with van der Waals surface area (Å²) in [4.78, 5) is 23.8. The maximum Gasteiger partial charge on any atom is 0.253 e. The van der Waals surface area contributed by atoms with E-state index in [1.54, 1.807) is 25.3 Å². The third-order valence-corrected chi connectivity index (χ3v) is 3.70. The Morgan fingerprint density at radius 2 is 2.32 bits per heavy atom. The number of carbonyl (C=O) groups is 2. The van der Waals surface area contributed by atoms with E-state index in [1.807, 2.05) is 0 Å². The highest BCUT2D eigenvalue weighted by molar-refractivity contribution is 9.10. The molecule has 2 rings (SSSR count). The molecular formula is C13H15BrN2O3. The first-order valence-corrected chi connectivity index (χ1v) is 6.83. The highest BCUT2D eigenvalue weighted by Crippen LogP contribution is 2.22. The van der Waals surface area contributed by atoms with Crippen LogP contribution in [0.1, 0.15) is 23.2 Å². The van der Waals surface area contributed by atoms with Gasteiger partial charge in [-0.25, -0.2) is 0 Å². The van der Waals surface area contributed by atoms with Crippen molar-refractivity contribution in [1.29, 1.82) is 0 Å². The van der Waals surface area contributed by atoms with E-state index in [2.05, 4.69) is 26.6 Å². The normalized spacial score (nSPS) is 18.6. The number of piperidine rings is 1. The fourth-order valence-electron chi connectivity index (χ4n) is 1.95. The van der Waals surface area contributed by atoms with Crippen LogP contribution in [0.4, 0.5) is 0 Å². The lowest BCUT2D eigenvalue weighted by molar-refractivity contribution is -0.124. The Morgan fingerprint density at radius 3 is 3.00 bits per heavy atom. The van der Waals surface area contributed by atoms with Gasteiger partial charge in [0, 0.05) is 11.0 Å². The van der Waals surface area contributed by atoms with E-state index in [0.29, 0.717) is 28.8 Å². The second kappa shape index (κ2) is 6.06. The van der Waals surface area contributed by atoms with E-state index in [-0.39, 0.29) is 11.8 Å². The summed E-state index contributed by atoms with van der Waals surface area (Å²) in [5.74, 6) is 0.188. The Balaban J connectivity index is 2.13. The van der Waals surface area contributed by atoms with Gasteiger partial charge in [0.2, 0.25) is 5.91 Å². The van der Waals surface area contributed by atoms with Crippen LogP contribution in [-0.4, -0.2) is 31.5 Å². The average Bonchev–Trinajstić information content (AvgIpc) is 2.42. The third kappa shape index (κ3) is 3.26. The summed E-state index contributed by atoms with van der Waals surface area (Å²) in [6.07, 6.45) is 1.54. The molecule has 1 fully saturated rings. The van der Waals surface area contributed by atoms with Crippen molar-refractivity contribution >= 4 is 27.7 Å². The van der Waals surface area contributed by atoms with Crippen molar-refractivity contribution < 1.29 is 14.3 Å². The molecule has 1 heterocycles.